The minimum atomic E-state index is -1.59. The third-order valence-corrected chi connectivity index (χ3v) is 8.45. The van der Waals surface area contributed by atoms with Crippen molar-refractivity contribution in [2.45, 2.75) is 19.6 Å². The van der Waals surface area contributed by atoms with Crippen LogP contribution in [0.15, 0.2) is 108 Å². The lowest BCUT2D eigenvalue weighted by Crippen LogP contribution is -2.37. The lowest BCUT2D eigenvalue weighted by atomic mass is 10.1. The van der Waals surface area contributed by atoms with E-state index in [9.17, 15) is 0 Å². The van der Waals surface area contributed by atoms with Crippen molar-refractivity contribution in [2.24, 2.45) is 0 Å². The number of fused-ring (bicyclic) bond motifs is 3. The predicted octanol–water partition coefficient (Wildman–Crippen LogP) is 7.92. The van der Waals surface area contributed by atoms with Crippen molar-refractivity contribution in [3.63, 3.8) is 0 Å². The van der Waals surface area contributed by atoms with Crippen LogP contribution in [-0.2, 0) is 0 Å². The molecule has 2 heterocycles. The van der Waals surface area contributed by atoms with E-state index in [-0.39, 0.29) is 0 Å². The van der Waals surface area contributed by atoms with E-state index in [1.807, 2.05) is 36.4 Å². The summed E-state index contributed by atoms with van der Waals surface area (Å²) in [7, 11) is -1.59. The quantitative estimate of drug-likeness (QED) is 0.246. The molecule has 0 fully saturated rings. The molecule has 0 radical (unpaired) electrons. The van der Waals surface area contributed by atoms with Gasteiger partial charge in [0.25, 0.3) is 0 Å². The molecule has 0 spiro atoms. The Morgan fingerprint density at radius 2 is 1.11 bits per heavy atom. The van der Waals surface area contributed by atoms with Gasteiger partial charge in [-0.25, -0.2) is 9.97 Å². The molecular weight excluding hydrogens is 444 g/mol. The summed E-state index contributed by atoms with van der Waals surface area (Å²) in [6.45, 7) is 7.07. The Labute approximate surface area is 206 Å². The van der Waals surface area contributed by atoms with E-state index in [4.69, 9.17) is 14.4 Å². The maximum atomic E-state index is 6.64. The summed E-state index contributed by atoms with van der Waals surface area (Å²) in [6.07, 6.45) is 0. The van der Waals surface area contributed by atoms with Gasteiger partial charge in [-0.1, -0.05) is 111 Å². The fraction of sp³-hybridized carbons (Fsp3) is 0.0968. The molecule has 0 aliphatic heterocycles. The molecule has 0 N–H and O–H groups in total. The second-order valence-electron chi connectivity index (χ2n) is 9.91. The van der Waals surface area contributed by atoms with E-state index in [1.165, 1.54) is 5.19 Å². The second kappa shape index (κ2) is 8.33. The molecule has 35 heavy (non-hydrogen) atoms. The number of furan rings is 1. The van der Waals surface area contributed by atoms with Crippen molar-refractivity contribution in [3.8, 4) is 33.9 Å². The number of para-hydroxylation sites is 2. The summed E-state index contributed by atoms with van der Waals surface area (Å²) < 4.78 is 6.64. The molecule has 0 aliphatic rings. The van der Waals surface area contributed by atoms with Crippen LogP contribution >= 0.6 is 0 Å². The lowest BCUT2D eigenvalue weighted by molar-refractivity contribution is 0.672. The molecule has 0 aliphatic carbocycles. The Morgan fingerprint density at radius 3 is 1.69 bits per heavy atom. The second-order valence-corrected chi connectivity index (χ2v) is 14.9. The average Bonchev–Trinajstić information content (AvgIpc) is 3.28. The van der Waals surface area contributed by atoms with Crippen molar-refractivity contribution < 1.29 is 4.42 Å². The minimum absolute atomic E-state index is 0.671. The normalized spacial score (nSPS) is 11.9. The molecule has 3 nitrogen and oxygen atoms in total. The van der Waals surface area contributed by atoms with Crippen LogP contribution in [0.1, 0.15) is 0 Å². The van der Waals surface area contributed by atoms with Crippen LogP contribution in [0.4, 0.5) is 0 Å². The van der Waals surface area contributed by atoms with Gasteiger partial charge in [-0.2, -0.15) is 0 Å². The molecule has 4 heteroatoms. The van der Waals surface area contributed by atoms with Crippen LogP contribution in [-0.4, -0.2) is 18.0 Å². The third kappa shape index (κ3) is 3.86. The summed E-state index contributed by atoms with van der Waals surface area (Å²) in [5.41, 5.74) is 6.66. The Morgan fingerprint density at radius 1 is 0.571 bits per heavy atom. The van der Waals surface area contributed by atoms with E-state index in [1.54, 1.807) is 0 Å². The maximum absolute atomic E-state index is 6.64. The summed E-state index contributed by atoms with van der Waals surface area (Å²) in [6, 6.07) is 35.4. The topological polar surface area (TPSA) is 38.9 Å². The van der Waals surface area contributed by atoms with Gasteiger partial charge in [-0.15, -0.1) is 0 Å². The highest BCUT2D eigenvalue weighted by Gasteiger charge is 2.24. The Bertz CT molecular complexity index is 1610. The van der Waals surface area contributed by atoms with Crippen LogP contribution in [0.5, 0.6) is 0 Å². The molecule has 6 rings (SSSR count). The molecule has 2 aromatic heterocycles. The van der Waals surface area contributed by atoms with E-state index >= 15 is 0 Å². The average molecular weight is 471 g/mol. The molecule has 0 saturated carbocycles. The van der Waals surface area contributed by atoms with Crippen LogP contribution < -0.4 is 5.19 Å². The Balaban J connectivity index is 1.63. The summed E-state index contributed by atoms with van der Waals surface area (Å²) in [4.78, 5) is 10.1. The first-order valence-corrected chi connectivity index (χ1v) is 15.4. The first-order chi connectivity index (χ1) is 17.0. The van der Waals surface area contributed by atoms with Gasteiger partial charge in [0.05, 0.1) is 25.0 Å². The van der Waals surface area contributed by atoms with Crippen molar-refractivity contribution >= 4 is 35.2 Å². The van der Waals surface area contributed by atoms with Gasteiger partial charge in [0.2, 0.25) is 0 Å². The molecule has 0 unspecified atom stereocenters. The Hall–Kier alpha value is -4.02. The summed E-state index contributed by atoms with van der Waals surface area (Å²) in [5, 5.41) is 3.60. The molecule has 0 saturated heterocycles. The summed E-state index contributed by atoms with van der Waals surface area (Å²) in [5.74, 6) is 0.671. The van der Waals surface area contributed by atoms with Crippen molar-refractivity contribution in [1.82, 2.24) is 9.97 Å². The highest BCUT2D eigenvalue weighted by Crippen LogP contribution is 2.36. The van der Waals surface area contributed by atoms with Crippen LogP contribution in [0.25, 0.3) is 55.8 Å². The van der Waals surface area contributed by atoms with Crippen LogP contribution in [0, 0.1) is 0 Å². The van der Waals surface area contributed by atoms with Crippen LogP contribution in [0.3, 0.4) is 0 Å². The zero-order chi connectivity index (χ0) is 24.0. The number of aromatic nitrogens is 2. The zero-order valence-electron chi connectivity index (χ0n) is 20.1. The third-order valence-electron chi connectivity index (χ3n) is 6.44. The molecule has 0 atom stereocenters. The van der Waals surface area contributed by atoms with Crippen molar-refractivity contribution in [2.75, 3.05) is 0 Å². The molecular formula is C31H26N2OSi. The molecule has 0 amide bonds. The molecule has 0 bridgehead atoms. The van der Waals surface area contributed by atoms with Crippen molar-refractivity contribution in [1.29, 1.82) is 0 Å². The number of hydrogen-bond acceptors (Lipinski definition) is 3. The predicted molar refractivity (Wildman–Crippen MR) is 149 cm³/mol. The number of nitrogens with zero attached hydrogens (tertiary/aromatic N) is 2. The minimum Gasteiger partial charge on any atom is -0.455 e. The smallest absolute Gasteiger partial charge is 0.164 e. The highest BCUT2D eigenvalue weighted by atomic mass is 28.3. The fourth-order valence-electron chi connectivity index (χ4n) is 4.67. The zero-order valence-corrected chi connectivity index (χ0v) is 21.1. The molecule has 6 aromatic rings. The fourth-order valence-corrected chi connectivity index (χ4v) is 6.13. The highest BCUT2D eigenvalue weighted by molar-refractivity contribution is 6.90. The van der Waals surface area contributed by atoms with Gasteiger partial charge < -0.3 is 4.42 Å². The van der Waals surface area contributed by atoms with Gasteiger partial charge >= 0.3 is 0 Å². The van der Waals surface area contributed by atoms with Gasteiger partial charge in [0.15, 0.2) is 5.82 Å². The summed E-state index contributed by atoms with van der Waals surface area (Å²) >= 11 is 0. The lowest BCUT2D eigenvalue weighted by Gasteiger charge is -2.16. The standard InChI is InChI=1S/C31H26N2OSi/c1-35(2,3)28-19-11-17-24-23-16-10-18-25(29(23)34-30(24)28)31-32-26(21-12-6-4-7-13-21)20-27(33-31)22-14-8-5-9-15-22/h4-20H,1-3H3. The van der Waals surface area contributed by atoms with Gasteiger partial charge in [0.1, 0.15) is 11.2 Å². The van der Waals surface area contributed by atoms with E-state index < -0.39 is 8.07 Å². The maximum Gasteiger partial charge on any atom is 0.164 e. The molecule has 170 valence electrons. The van der Waals surface area contributed by atoms with E-state index in [2.05, 4.69) is 86.4 Å². The van der Waals surface area contributed by atoms with E-state index in [0.29, 0.717) is 5.82 Å². The first-order valence-electron chi connectivity index (χ1n) is 11.9. The van der Waals surface area contributed by atoms with Gasteiger partial charge in [-0.3, -0.25) is 0 Å². The number of rotatable bonds is 4. The largest absolute Gasteiger partial charge is 0.455 e. The Kier molecular flexibility index (Phi) is 5.12. The van der Waals surface area contributed by atoms with Gasteiger partial charge in [-0.05, 0) is 17.3 Å². The van der Waals surface area contributed by atoms with E-state index in [0.717, 1.165) is 50.0 Å². The number of hydrogen-bond donors (Lipinski definition) is 0. The van der Waals surface area contributed by atoms with Crippen molar-refractivity contribution in [3.05, 3.63) is 103 Å². The van der Waals surface area contributed by atoms with Crippen LogP contribution in [0.2, 0.25) is 19.6 Å². The monoisotopic (exact) mass is 470 g/mol. The van der Waals surface area contributed by atoms with Gasteiger partial charge in [0, 0.05) is 21.9 Å². The molecule has 4 aromatic carbocycles. The SMILES string of the molecule is C[Si](C)(C)c1cccc2c1oc1c(-c3nc(-c4ccccc4)cc(-c4ccccc4)n3)cccc12. The first kappa shape index (κ1) is 21.5. The number of benzene rings is 4.